The van der Waals surface area contributed by atoms with E-state index in [1.807, 2.05) is 6.92 Å². The molecule has 1 aliphatic carbocycles. The number of carbonyl (C=O) groups is 1. The fourth-order valence-electron chi connectivity index (χ4n) is 2.08. The average Bonchev–Trinajstić information content (AvgIpc) is 2.56. The topological polar surface area (TPSA) is 30.0 Å². The fourth-order valence-corrected chi connectivity index (χ4v) is 2.76. The van der Waals surface area contributed by atoms with Crippen LogP contribution in [0.1, 0.15) is 42.8 Å². The van der Waals surface area contributed by atoms with Gasteiger partial charge in [-0.05, 0) is 19.3 Å². The molecule has 2 unspecified atom stereocenters. The minimum atomic E-state index is 0.376. The van der Waals surface area contributed by atoms with Gasteiger partial charge in [0, 0.05) is 24.1 Å². The predicted molar refractivity (Wildman–Crippen MR) is 57.6 cm³/mol. The van der Waals surface area contributed by atoms with Crippen molar-refractivity contribution in [2.24, 2.45) is 5.92 Å². The number of nitrogens with zero attached hydrogens (tertiary/aromatic N) is 1. The molecule has 1 aromatic rings. The summed E-state index contributed by atoms with van der Waals surface area (Å²) in [5.74, 6) is 1.38. The zero-order valence-electron chi connectivity index (χ0n) is 8.62. The summed E-state index contributed by atoms with van der Waals surface area (Å²) in [6.07, 6.45) is 2.49. The van der Waals surface area contributed by atoms with E-state index in [4.69, 9.17) is 0 Å². The summed E-state index contributed by atoms with van der Waals surface area (Å²) >= 11 is 1.68. The van der Waals surface area contributed by atoms with Gasteiger partial charge in [-0.2, -0.15) is 0 Å². The summed E-state index contributed by atoms with van der Waals surface area (Å²) in [5, 5.41) is 3.21. The van der Waals surface area contributed by atoms with Crippen molar-refractivity contribution >= 4 is 17.1 Å². The van der Waals surface area contributed by atoms with E-state index in [0.717, 1.165) is 23.5 Å². The zero-order valence-corrected chi connectivity index (χ0v) is 9.43. The van der Waals surface area contributed by atoms with Crippen LogP contribution >= 0.6 is 11.3 Å². The monoisotopic (exact) mass is 209 g/mol. The lowest BCUT2D eigenvalue weighted by Crippen LogP contribution is -2.21. The number of thiazole rings is 1. The molecule has 0 amide bonds. The highest BCUT2D eigenvalue weighted by molar-refractivity contribution is 7.09. The van der Waals surface area contributed by atoms with Gasteiger partial charge in [0.25, 0.3) is 0 Å². The van der Waals surface area contributed by atoms with Gasteiger partial charge in [-0.3, -0.25) is 4.79 Å². The highest BCUT2D eigenvalue weighted by Crippen LogP contribution is 2.36. The molecule has 14 heavy (non-hydrogen) atoms. The third-order valence-corrected chi connectivity index (χ3v) is 3.82. The number of Topliss-reactive ketones (excluding diaryl/α,β-unsaturated/α-hetero) is 1. The van der Waals surface area contributed by atoms with Crippen molar-refractivity contribution in [2.45, 2.75) is 39.0 Å². The van der Waals surface area contributed by atoms with Gasteiger partial charge < -0.3 is 0 Å². The number of rotatable bonds is 1. The van der Waals surface area contributed by atoms with Crippen molar-refractivity contribution in [1.82, 2.24) is 4.98 Å². The molecule has 0 radical (unpaired) electrons. The summed E-state index contributed by atoms with van der Waals surface area (Å²) < 4.78 is 0. The maximum Gasteiger partial charge on any atom is 0.133 e. The first-order chi connectivity index (χ1) is 6.66. The molecule has 76 valence electrons. The van der Waals surface area contributed by atoms with Crippen molar-refractivity contribution in [2.75, 3.05) is 0 Å². The van der Waals surface area contributed by atoms with Crippen LogP contribution in [0.2, 0.25) is 0 Å². The highest BCUT2D eigenvalue weighted by Gasteiger charge is 2.28. The Labute approximate surface area is 88.4 Å². The first-order valence-electron chi connectivity index (χ1n) is 5.10. The van der Waals surface area contributed by atoms with Crippen LogP contribution in [0.15, 0.2) is 5.38 Å². The molecule has 1 aromatic heterocycles. The normalized spacial score (nSPS) is 28.0. The number of aromatic nitrogens is 1. The van der Waals surface area contributed by atoms with Gasteiger partial charge in [0.2, 0.25) is 0 Å². The molecular formula is C11H15NOS. The Bertz CT molecular complexity index is 345. The maximum atomic E-state index is 11.4. The summed E-state index contributed by atoms with van der Waals surface area (Å²) in [7, 11) is 0. The first kappa shape index (κ1) is 9.84. The van der Waals surface area contributed by atoms with E-state index in [0.29, 0.717) is 24.0 Å². The Kier molecular flexibility index (Phi) is 2.68. The number of ketones is 1. The minimum absolute atomic E-state index is 0.376. The molecule has 0 spiro atoms. The maximum absolute atomic E-state index is 11.4. The molecule has 1 heterocycles. The summed E-state index contributed by atoms with van der Waals surface area (Å²) in [4.78, 5) is 15.9. The number of hydrogen-bond donors (Lipinski definition) is 0. The Morgan fingerprint density at radius 3 is 3.00 bits per heavy atom. The van der Waals surface area contributed by atoms with Gasteiger partial charge in [0.15, 0.2) is 0 Å². The van der Waals surface area contributed by atoms with E-state index >= 15 is 0 Å². The summed E-state index contributed by atoms with van der Waals surface area (Å²) in [6, 6.07) is 0. The molecule has 2 rings (SSSR count). The van der Waals surface area contributed by atoms with Gasteiger partial charge in [0.05, 0.1) is 10.7 Å². The number of carbonyl (C=O) groups excluding carboxylic acids is 1. The smallest absolute Gasteiger partial charge is 0.133 e. The third-order valence-electron chi connectivity index (χ3n) is 3.03. The van der Waals surface area contributed by atoms with Crippen LogP contribution in [0.5, 0.6) is 0 Å². The summed E-state index contributed by atoms with van der Waals surface area (Å²) in [5.41, 5.74) is 1.13. The molecule has 0 N–H and O–H groups in total. The van der Waals surface area contributed by atoms with Crippen molar-refractivity contribution in [1.29, 1.82) is 0 Å². The Balaban J connectivity index is 2.19. The highest BCUT2D eigenvalue weighted by atomic mass is 32.1. The van der Waals surface area contributed by atoms with Crippen molar-refractivity contribution in [3.05, 3.63) is 16.1 Å². The van der Waals surface area contributed by atoms with Gasteiger partial charge in [-0.15, -0.1) is 11.3 Å². The molecule has 1 saturated carbocycles. The Hall–Kier alpha value is -0.700. The number of hydrogen-bond acceptors (Lipinski definition) is 3. The van der Waals surface area contributed by atoms with Gasteiger partial charge in [0.1, 0.15) is 5.78 Å². The van der Waals surface area contributed by atoms with E-state index in [1.165, 1.54) is 0 Å². The second kappa shape index (κ2) is 3.81. The standard InChI is InChI=1S/C11H15NOS/c1-7-3-4-9(13)5-10(7)11-6-14-8(2)12-11/h6-7,10H,3-5H2,1-2H3. The lowest BCUT2D eigenvalue weighted by Gasteiger charge is -2.26. The van der Waals surface area contributed by atoms with E-state index in [-0.39, 0.29) is 0 Å². The van der Waals surface area contributed by atoms with Crippen molar-refractivity contribution in [3.63, 3.8) is 0 Å². The predicted octanol–water partition coefficient (Wildman–Crippen LogP) is 2.92. The minimum Gasteiger partial charge on any atom is -0.300 e. The summed E-state index contributed by atoms with van der Waals surface area (Å²) in [6.45, 7) is 4.25. The Morgan fingerprint density at radius 1 is 1.57 bits per heavy atom. The van der Waals surface area contributed by atoms with E-state index in [2.05, 4.69) is 17.3 Å². The average molecular weight is 209 g/mol. The zero-order chi connectivity index (χ0) is 10.1. The molecule has 0 aliphatic heterocycles. The molecule has 0 aromatic carbocycles. The quantitative estimate of drug-likeness (QED) is 0.711. The molecular weight excluding hydrogens is 194 g/mol. The number of aryl methyl sites for hydroxylation is 1. The van der Waals surface area contributed by atoms with Gasteiger partial charge >= 0.3 is 0 Å². The van der Waals surface area contributed by atoms with E-state index in [9.17, 15) is 4.79 Å². The van der Waals surface area contributed by atoms with Crippen LogP contribution in [-0.2, 0) is 4.79 Å². The molecule has 0 bridgehead atoms. The molecule has 1 fully saturated rings. The largest absolute Gasteiger partial charge is 0.300 e. The molecule has 0 saturated heterocycles. The van der Waals surface area contributed by atoms with Crippen LogP contribution in [0.25, 0.3) is 0 Å². The first-order valence-corrected chi connectivity index (χ1v) is 5.98. The van der Waals surface area contributed by atoms with Crippen molar-refractivity contribution < 1.29 is 4.79 Å². The van der Waals surface area contributed by atoms with E-state index in [1.54, 1.807) is 11.3 Å². The Morgan fingerprint density at radius 2 is 2.36 bits per heavy atom. The van der Waals surface area contributed by atoms with Crippen LogP contribution in [0.4, 0.5) is 0 Å². The third kappa shape index (κ3) is 1.87. The molecule has 3 heteroatoms. The SMILES string of the molecule is Cc1nc(C2CC(=O)CCC2C)cs1. The second-order valence-corrected chi connectivity index (χ2v) is 5.22. The lowest BCUT2D eigenvalue weighted by molar-refractivity contribution is -0.121. The van der Waals surface area contributed by atoms with Crippen LogP contribution in [0, 0.1) is 12.8 Å². The molecule has 2 nitrogen and oxygen atoms in total. The van der Waals surface area contributed by atoms with Crippen LogP contribution < -0.4 is 0 Å². The molecule has 2 atom stereocenters. The molecule has 1 aliphatic rings. The van der Waals surface area contributed by atoms with Gasteiger partial charge in [-0.25, -0.2) is 4.98 Å². The fraction of sp³-hybridized carbons (Fsp3) is 0.636. The lowest BCUT2D eigenvalue weighted by atomic mass is 9.78. The van der Waals surface area contributed by atoms with Gasteiger partial charge in [-0.1, -0.05) is 6.92 Å². The second-order valence-electron chi connectivity index (χ2n) is 4.16. The van der Waals surface area contributed by atoms with Crippen LogP contribution in [-0.4, -0.2) is 10.8 Å². The van der Waals surface area contributed by atoms with Crippen molar-refractivity contribution in [3.8, 4) is 0 Å². The van der Waals surface area contributed by atoms with E-state index < -0.39 is 0 Å². The van der Waals surface area contributed by atoms with Crippen LogP contribution in [0.3, 0.4) is 0 Å².